The van der Waals surface area contributed by atoms with Crippen molar-refractivity contribution in [3.05, 3.63) is 24.3 Å². The van der Waals surface area contributed by atoms with Gasteiger partial charge < -0.3 is 28.6 Å². The molecule has 0 aromatic rings. The number of quaternary nitrogens is 1. The summed E-state index contributed by atoms with van der Waals surface area (Å²) >= 11 is 0. The molecule has 0 aliphatic rings. The molecule has 8 nitrogen and oxygen atoms in total. The van der Waals surface area contributed by atoms with Crippen molar-refractivity contribution in [2.45, 2.75) is 212 Å². The fourth-order valence-electron chi connectivity index (χ4n) is 6.55. The molecule has 0 saturated heterocycles. The predicted octanol–water partition coefficient (Wildman–Crippen LogP) is 10.7. The van der Waals surface area contributed by atoms with Gasteiger partial charge in [0.25, 0.3) is 0 Å². The maximum absolute atomic E-state index is 12.7. The molecular formula is C46H85NO7. The zero-order valence-corrected chi connectivity index (χ0v) is 35.9. The molecule has 0 fully saturated rings. The maximum Gasteiger partial charge on any atom is 0.306 e. The molecule has 0 amide bonds. The van der Waals surface area contributed by atoms with Gasteiger partial charge in [0.15, 0.2) is 6.10 Å². The number of carbonyl (C=O) groups is 3. The molecule has 0 rings (SSSR count). The van der Waals surface area contributed by atoms with E-state index in [9.17, 15) is 19.5 Å². The monoisotopic (exact) mass is 764 g/mol. The number of rotatable bonds is 40. The molecule has 0 radical (unpaired) electrons. The third-order valence-electron chi connectivity index (χ3n) is 10.1. The molecule has 0 aromatic heterocycles. The van der Waals surface area contributed by atoms with Crippen molar-refractivity contribution in [2.24, 2.45) is 0 Å². The normalized spacial score (nSPS) is 13.1. The number of esters is 2. The number of carbonyl (C=O) groups excluding carboxylic acids is 3. The summed E-state index contributed by atoms with van der Waals surface area (Å²) in [6.07, 6.45) is 40.9. The summed E-state index contributed by atoms with van der Waals surface area (Å²) in [5.41, 5.74) is 0. The smallest absolute Gasteiger partial charge is 0.306 e. The van der Waals surface area contributed by atoms with E-state index in [-0.39, 0.29) is 49.1 Å². The molecule has 2 atom stereocenters. The number of hydrogen-bond acceptors (Lipinski definition) is 7. The summed E-state index contributed by atoms with van der Waals surface area (Å²) in [7, 11) is 5.39. The SMILES string of the molecule is CCCCCC/C=C/CCC(=O)OCC(COCCC(C(=O)[O-])[N+](C)(C)C)OC(=O)CCCCCCCCC/C=C/CCCCCCCCCCCCC. The topological polar surface area (TPSA) is 102 Å². The average Bonchev–Trinajstić information content (AvgIpc) is 3.12. The van der Waals surface area contributed by atoms with E-state index >= 15 is 0 Å². The van der Waals surface area contributed by atoms with Crippen molar-refractivity contribution >= 4 is 17.9 Å². The summed E-state index contributed by atoms with van der Waals surface area (Å²) < 4.78 is 17.1. The van der Waals surface area contributed by atoms with Gasteiger partial charge in [-0.2, -0.15) is 0 Å². The van der Waals surface area contributed by atoms with Gasteiger partial charge in [-0.25, -0.2) is 0 Å². The minimum Gasteiger partial charge on any atom is -0.544 e. The van der Waals surface area contributed by atoms with Crippen molar-refractivity contribution < 1.29 is 38.2 Å². The van der Waals surface area contributed by atoms with Crippen LogP contribution in [0.25, 0.3) is 0 Å². The van der Waals surface area contributed by atoms with Crippen LogP contribution in [0, 0.1) is 0 Å². The molecule has 8 heteroatoms. The van der Waals surface area contributed by atoms with E-state index in [0.29, 0.717) is 12.8 Å². The third kappa shape index (κ3) is 35.5. The van der Waals surface area contributed by atoms with Crippen LogP contribution in [-0.2, 0) is 28.6 Å². The van der Waals surface area contributed by atoms with Gasteiger partial charge in [-0.1, -0.05) is 154 Å². The number of ether oxygens (including phenoxy) is 3. The number of aliphatic carboxylic acids is 1. The first-order valence-corrected chi connectivity index (χ1v) is 22.4. The fourth-order valence-corrected chi connectivity index (χ4v) is 6.55. The van der Waals surface area contributed by atoms with Gasteiger partial charge in [-0.3, -0.25) is 9.59 Å². The summed E-state index contributed by atoms with van der Waals surface area (Å²) in [5, 5.41) is 11.6. The standard InChI is InChI=1S/C46H85NO7/c1-6-8-10-12-14-16-17-18-19-20-21-22-23-24-25-26-27-28-29-31-33-35-37-45(49)54-42(40-52-39-38-43(46(50)51)47(3,4)5)41-53-44(48)36-34-32-30-15-13-11-9-7-2/h23-24,30,32,42-43H,6-22,25-29,31,33-41H2,1-5H3/b24-23+,32-30+. The number of allylic oxidation sites excluding steroid dienone is 4. The van der Waals surface area contributed by atoms with Crippen molar-refractivity contribution in [1.29, 1.82) is 0 Å². The zero-order valence-electron chi connectivity index (χ0n) is 35.9. The lowest BCUT2D eigenvalue weighted by Crippen LogP contribution is -2.55. The van der Waals surface area contributed by atoms with Gasteiger partial charge in [0.1, 0.15) is 12.6 Å². The summed E-state index contributed by atoms with van der Waals surface area (Å²) in [4.78, 5) is 36.7. The quantitative estimate of drug-likeness (QED) is 0.0265. The molecule has 0 aliphatic carbocycles. The first kappa shape index (κ1) is 51.8. The number of likely N-dealkylation sites (N-methyl/N-ethyl adjacent to an activating group) is 1. The van der Waals surface area contributed by atoms with E-state index in [2.05, 4.69) is 32.1 Å². The van der Waals surface area contributed by atoms with Crippen LogP contribution in [0.2, 0.25) is 0 Å². The fraction of sp³-hybridized carbons (Fsp3) is 0.848. The number of unbranched alkanes of at least 4 members (excludes halogenated alkanes) is 22. The molecule has 0 spiro atoms. The van der Waals surface area contributed by atoms with Gasteiger partial charge in [0.2, 0.25) is 0 Å². The molecule has 0 bridgehead atoms. The second-order valence-electron chi connectivity index (χ2n) is 16.3. The second kappa shape index (κ2) is 37.7. The molecule has 0 heterocycles. The summed E-state index contributed by atoms with van der Waals surface area (Å²) in [6, 6.07) is -0.728. The van der Waals surface area contributed by atoms with Gasteiger partial charge in [-0.05, 0) is 51.4 Å². The summed E-state index contributed by atoms with van der Waals surface area (Å²) in [5.74, 6) is -1.80. The zero-order chi connectivity index (χ0) is 40.0. The van der Waals surface area contributed by atoms with E-state index < -0.39 is 18.1 Å². The van der Waals surface area contributed by atoms with E-state index in [1.807, 2.05) is 6.08 Å². The molecule has 0 aromatic carbocycles. The summed E-state index contributed by atoms with van der Waals surface area (Å²) in [6.45, 7) is 4.58. The highest BCUT2D eigenvalue weighted by molar-refractivity contribution is 5.70. The minimum absolute atomic E-state index is 0.0299. The highest BCUT2D eigenvalue weighted by Gasteiger charge is 2.25. The molecule has 54 heavy (non-hydrogen) atoms. The molecular weight excluding hydrogens is 679 g/mol. The highest BCUT2D eigenvalue weighted by Crippen LogP contribution is 2.14. The van der Waals surface area contributed by atoms with Crippen LogP contribution in [0.4, 0.5) is 0 Å². The lowest BCUT2D eigenvalue weighted by molar-refractivity contribution is -0.889. The highest BCUT2D eigenvalue weighted by atomic mass is 16.6. The molecule has 0 N–H and O–H groups in total. The van der Waals surface area contributed by atoms with E-state index in [0.717, 1.165) is 32.1 Å². The first-order valence-electron chi connectivity index (χ1n) is 22.4. The maximum atomic E-state index is 12.7. The Balaban J connectivity index is 4.20. The van der Waals surface area contributed by atoms with Crippen molar-refractivity contribution in [1.82, 2.24) is 0 Å². The number of carboxylic acids is 1. The molecule has 2 unspecified atom stereocenters. The van der Waals surface area contributed by atoms with E-state index in [1.165, 1.54) is 128 Å². The Morgan fingerprint density at radius 3 is 1.43 bits per heavy atom. The van der Waals surface area contributed by atoms with Crippen LogP contribution in [0.1, 0.15) is 200 Å². The number of nitrogens with zero attached hydrogens (tertiary/aromatic N) is 1. The third-order valence-corrected chi connectivity index (χ3v) is 10.1. The Morgan fingerprint density at radius 2 is 0.963 bits per heavy atom. The van der Waals surface area contributed by atoms with Crippen LogP contribution in [0.3, 0.4) is 0 Å². The predicted molar refractivity (Wildman–Crippen MR) is 222 cm³/mol. The molecule has 0 saturated carbocycles. The Labute approximate surface area is 332 Å². The van der Waals surface area contributed by atoms with Gasteiger partial charge >= 0.3 is 11.9 Å². The van der Waals surface area contributed by atoms with Crippen molar-refractivity contribution in [3.8, 4) is 0 Å². The molecule has 316 valence electrons. The van der Waals surface area contributed by atoms with Crippen LogP contribution < -0.4 is 5.11 Å². The lowest BCUT2D eigenvalue weighted by atomic mass is 10.0. The average molecular weight is 764 g/mol. The van der Waals surface area contributed by atoms with Crippen LogP contribution in [0.5, 0.6) is 0 Å². The largest absolute Gasteiger partial charge is 0.544 e. The Morgan fingerprint density at radius 1 is 0.537 bits per heavy atom. The number of carboxylic acid groups (broad SMARTS) is 1. The second-order valence-corrected chi connectivity index (χ2v) is 16.3. The lowest BCUT2D eigenvalue weighted by Gasteiger charge is -2.34. The number of hydrogen-bond donors (Lipinski definition) is 0. The Bertz CT molecular complexity index is 942. The first-order chi connectivity index (χ1) is 26.1. The van der Waals surface area contributed by atoms with E-state index in [1.54, 1.807) is 21.1 Å². The van der Waals surface area contributed by atoms with Gasteiger partial charge in [-0.15, -0.1) is 0 Å². The minimum atomic E-state index is -1.13. The van der Waals surface area contributed by atoms with Gasteiger partial charge in [0.05, 0.1) is 40.3 Å². The molecule has 0 aliphatic heterocycles. The van der Waals surface area contributed by atoms with Gasteiger partial charge in [0, 0.05) is 19.3 Å². The Kier molecular flexibility index (Phi) is 36.2. The van der Waals surface area contributed by atoms with Crippen molar-refractivity contribution in [3.63, 3.8) is 0 Å². The van der Waals surface area contributed by atoms with E-state index in [4.69, 9.17) is 14.2 Å². The Hall–Kier alpha value is -2.19. The van der Waals surface area contributed by atoms with Crippen LogP contribution >= 0.6 is 0 Å². The van der Waals surface area contributed by atoms with Crippen LogP contribution in [0.15, 0.2) is 24.3 Å². The van der Waals surface area contributed by atoms with Crippen molar-refractivity contribution in [2.75, 3.05) is 41.0 Å². The van der Waals surface area contributed by atoms with Crippen LogP contribution in [-0.4, -0.2) is 75.5 Å².